The highest BCUT2D eigenvalue weighted by atomic mass is 35.5. The molecule has 0 spiro atoms. The first-order valence-corrected chi connectivity index (χ1v) is 11.4. The molecular weight excluding hydrogens is 445 g/mol. The minimum Gasteiger partial charge on any atom is -0.380 e. The maximum absolute atomic E-state index is 13.4. The van der Waals surface area contributed by atoms with Gasteiger partial charge in [-0.05, 0) is 31.3 Å². The van der Waals surface area contributed by atoms with E-state index in [9.17, 15) is 4.39 Å². The van der Waals surface area contributed by atoms with E-state index < -0.39 is 12.1 Å². The van der Waals surface area contributed by atoms with Crippen molar-refractivity contribution in [3.05, 3.63) is 47.9 Å². The zero-order valence-electron chi connectivity index (χ0n) is 18.5. The van der Waals surface area contributed by atoms with Gasteiger partial charge in [-0.25, -0.2) is 9.97 Å². The summed E-state index contributed by atoms with van der Waals surface area (Å²) in [6, 6.07) is 8.28. The number of hydrogen-bond donors (Lipinski definition) is 1. The van der Waals surface area contributed by atoms with Crippen LogP contribution in [-0.4, -0.2) is 77.8 Å². The Hall–Kier alpha value is -2.75. The number of aromatic nitrogens is 4. The van der Waals surface area contributed by atoms with Crippen LogP contribution in [0, 0.1) is 5.41 Å². The fraction of sp³-hybridized carbons (Fsp3) is 0.435. The van der Waals surface area contributed by atoms with Crippen LogP contribution in [0.25, 0.3) is 11.3 Å². The first-order chi connectivity index (χ1) is 16.0. The Bertz CT molecular complexity index is 1090. The van der Waals surface area contributed by atoms with Gasteiger partial charge in [0.05, 0.1) is 48.3 Å². The number of likely N-dealkylation sites (N-methyl/N-ethyl adjacent to an activating group) is 1. The van der Waals surface area contributed by atoms with Crippen molar-refractivity contribution in [3.63, 3.8) is 0 Å². The van der Waals surface area contributed by atoms with Crippen LogP contribution >= 0.6 is 11.6 Å². The predicted molar refractivity (Wildman–Crippen MR) is 127 cm³/mol. The summed E-state index contributed by atoms with van der Waals surface area (Å²) in [4.78, 5) is 13.6. The second-order valence-corrected chi connectivity index (χ2v) is 9.31. The summed E-state index contributed by atoms with van der Waals surface area (Å²) in [5.74, 6) is 0.446. The largest absolute Gasteiger partial charge is 0.380 e. The summed E-state index contributed by atoms with van der Waals surface area (Å²) < 4.78 is 20.3. The molecule has 4 heterocycles. The Kier molecular flexibility index (Phi) is 6.18. The molecule has 2 aliphatic heterocycles. The number of nitrogens with one attached hydrogen (secondary N) is 1. The van der Waals surface area contributed by atoms with Crippen LogP contribution in [0.1, 0.15) is 0 Å². The Labute approximate surface area is 197 Å². The quantitative estimate of drug-likeness (QED) is 0.565. The highest BCUT2D eigenvalue weighted by Gasteiger charge is 2.39. The number of alkyl halides is 1. The second-order valence-electron chi connectivity index (χ2n) is 8.91. The van der Waals surface area contributed by atoms with Gasteiger partial charge in [-0.1, -0.05) is 11.6 Å². The van der Waals surface area contributed by atoms with Gasteiger partial charge in [0.15, 0.2) is 0 Å². The summed E-state index contributed by atoms with van der Waals surface area (Å²) >= 11 is 6.38. The second kappa shape index (κ2) is 9.24. The van der Waals surface area contributed by atoms with E-state index >= 15 is 0 Å². The summed E-state index contributed by atoms with van der Waals surface area (Å²) in [5.41, 5.74) is 2.95. The van der Waals surface area contributed by atoms with Crippen LogP contribution in [0.3, 0.4) is 0 Å². The van der Waals surface area contributed by atoms with Gasteiger partial charge in [-0.2, -0.15) is 5.10 Å². The highest BCUT2D eigenvalue weighted by molar-refractivity contribution is 6.32. The number of halogens is 2. The van der Waals surface area contributed by atoms with Gasteiger partial charge >= 0.3 is 0 Å². The maximum atomic E-state index is 13.4. The first-order valence-electron chi connectivity index (χ1n) is 11.0. The molecule has 8 nitrogen and oxygen atoms in total. The number of anilines is 3. The molecule has 1 N–H and O–H groups in total. The molecule has 2 aliphatic rings. The SMILES string of the molecule is CN1CCN(c2ccc(Nc3ncc(Cl)c(-c4cnn(CC5(CF)COC5)c4)n3)cc2)CC1. The van der Waals surface area contributed by atoms with E-state index in [2.05, 4.69) is 49.4 Å². The third-order valence-corrected chi connectivity index (χ3v) is 6.52. The fourth-order valence-electron chi connectivity index (χ4n) is 4.10. The molecule has 2 saturated heterocycles. The molecule has 0 amide bonds. The number of piperazine rings is 1. The van der Waals surface area contributed by atoms with Gasteiger partial charge in [-0.3, -0.25) is 9.07 Å². The standard InChI is InChI=1S/C23H27ClFN7O/c1-30-6-8-31(9-7-30)19-4-2-18(3-5-19)28-22-26-11-20(24)21(29-22)17-10-27-32(12-17)14-23(13-25)15-33-16-23/h2-5,10-12H,6-9,13-16H2,1H3,(H,26,28,29). The Morgan fingerprint density at radius 3 is 2.55 bits per heavy atom. The number of benzene rings is 1. The van der Waals surface area contributed by atoms with Gasteiger partial charge in [0.25, 0.3) is 0 Å². The van der Waals surface area contributed by atoms with E-state index in [4.69, 9.17) is 16.3 Å². The Morgan fingerprint density at radius 2 is 1.88 bits per heavy atom. The van der Waals surface area contributed by atoms with Crippen molar-refractivity contribution < 1.29 is 9.13 Å². The summed E-state index contributed by atoms with van der Waals surface area (Å²) in [6.07, 6.45) is 5.10. The van der Waals surface area contributed by atoms with Crippen LogP contribution in [0.2, 0.25) is 5.02 Å². The number of nitrogens with zero attached hydrogens (tertiary/aromatic N) is 6. The van der Waals surface area contributed by atoms with Crippen molar-refractivity contribution in [2.75, 3.05) is 63.3 Å². The van der Waals surface area contributed by atoms with Gasteiger partial charge in [-0.15, -0.1) is 0 Å². The Morgan fingerprint density at radius 1 is 1.12 bits per heavy atom. The molecule has 174 valence electrons. The molecule has 3 aromatic rings. The molecule has 1 aromatic carbocycles. The molecular formula is C23H27ClFN7O. The highest BCUT2D eigenvalue weighted by Crippen LogP contribution is 2.32. The van der Waals surface area contributed by atoms with Crippen molar-refractivity contribution in [2.24, 2.45) is 5.41 Å². The average molecular weight is 472 g/mol. The number of hydrogen-bond acceptors (Lipinski definition) is 7. The molecule has 0 saturated carbocycles. The molecule has 2 aromatic heterocycles. The monoisotopic (exact) mass is 471 g/mol. The van der Waals surface area contributed by atoms with E-state index in [1.54, 1.807) is 17.1 Å². The lowest BCUT2D eigenvalue weighted by Gasteiger charge is -2.38. The van der Waals surface area contributed by atoms with Crippen molar-refractivity contribution in [1.82, 2.24) is 24.6 Å². The zero-order valence-corrected chi connectivity index (χ0v) is 19.3. The molecule has 5 rings (SSSR count). The van der Waals surface area contributed by atoms with Gasteiger partial charge in [0.1, 0.15) is 6.67 Å². The van der Waals surface area contributed by atoms with Crippen LogP contribution in [0.15, 0.2) is 42.9 Å². The lowest BCUT2D eigenvalue weighted by atomic mass is 9.88. The van der Waals surface area contributed by atoms with E-state index in [1.165, 1.54) is 5.69 Å². The summed E-state index contributed by atoms with van der Waals surface area (Å²) in [6.45, 7) is 5.04. The molecule has 33 heavy (non-hydrogen) atoms. The van der Waals surface area contributed by atoms with E-state index in [-0.39, 0.29) is 0 Å². The minimum absolute atomic E-state index is 0.411. The van der Waals surface area contributed by atoms with E-state index in [0.717, 1.165) is 37.4 Å². The zero-order chi connectivity index (χ0) is 22.8. The van der Waals surface area contributed by atoms with Gasteiger partial charge in [0.2, 0.25) is 5.95 Å². The number of ether oxygens (including phenoxy) is 1. The molecule has 0 aliphatic carbocycles. The van der Waals surface area contributed by atoms with E-state index in [1.807, 2.05) is 18.3 Å². The van der Waals surface area contributed by atoms with Crippen LogP contribution < -0.4 is 10.2 Å². The van der Waals surface area contributed by atoms with Gasteiger partial charge < -0.3 is 19.9 Å². The van der Waals surface area contributed by atoms with Crippen LogP contribution in [0.5, 0.6) is 0 Å². The van der Waals surface area contributed by atoms with Crippen LogP contribution in [-0.2, 0) is 11.3 Å². The predicted octanol–water partition coefficient (Wildman–Crippen LogP) is 3.48. The smallest absolute Gasteiger partial charge is 0.227 e. The third-order valence-electron chi connectivity index (χ3n) is 6.24. The molecule has 2 fully saturated rings. The third kappa shape index (κ3) is 4.80. The Balaban J connectivity index is 1.28. The molecule has 10 heteroatoms. The molecule has 0 bridgehead atoms. The molecule has 0 atom stereocenters. The minimum atomic E-state index is -0.484. The van der Waals surface area contributed by atoms with Gasteiger partial charge in [0, 0.05) is 49.3 Å². The molecule has 0 radical (unpaired) electrons. The molecule has 0 unspecified atom stereocenters. The van der Waals surface area contributed by atoms with Crippen molar-refractivity contribution in [1.29, 1.82) is 0 Å². The average Bonchev–Trinajstić information content (AvgIpc) is 3.27. The van der Waals surface area contributed by atoms with Crippen molar-refractivity contribution in [3.8, 4) is 11.3 Å². The number of rotatable bonds is 7. The first kappa shape index (κ1) is 22.1. The fourth-order valence-corrected chi connectivity index (χ4v) is 4.30. The van der Waals surface area contributed by atoms with Crippen molar-refractivity contribution in [2.45, 2.75) is 6.54 Å². The van der Waals surface area contributed by atoms with Crippen molar-refractivity contribution >= 4 is 28.9 Å². The maximum Gasteiger partial charge on any atom is 0.227 e. The van der Waals surface area contributed by atoms with Crippen LogP contribution in [0.4, 0.5) is 21.7 Å². The normalized spacial score (nSPS) is 18.2. The van der Waals surface area contributed by atoms with E-state index in [0.29, 0.717) is 36.4 Å². The lowest BCUT2D eigenvalue weighted by molar-refractivity contribution is -0.133. The summed E-state index contributed by atoms with van der Waals surface area (Å²) in [7, 11) is 2.15. The lowest BCUT2D eigenvalue weighted by Crippen LogP contribution is -2.47. The summed E-state index contributed by atoms with van der Waals surface area (Å²) in [5, 5.41) is 8.05. The topological polar surface area (TPSA) is 71.3 Å².